The standard InChI is InChI=1S/C13H24O7.C3H6O2/c1-3-12(15)19-7-5-17-9-11(14)10-18-6-8-20-13(16)4-2;1-2-3(4)5/h11,14H,3-10H2,1-2H3;2H2,1H3,(H,4,5). The van der Waals surface area contributed by atoms with E-state index in [1.165, 1.54) is 0 Å². The van der Waals surface area contributed by atoms with Gasteiger partial charge in [-0.05, 0) is 0 Å². The Morgan fingerprint density at radius 2 is 1.12 bits per heavy atom. The van der Waals surface area contributed by atoms with Gasteiger partial charge in [-0.2, -0.15) is 0 Å². The molecule has 0 radical (unpaired) electrons. The molecule has 0 atom stereocenters. The molecule has 0 aliphatic carbocycles. The van der Waals surface area contributed by atoms with Crippen molar-refractivity contribution in [2.45, 2.75) is 46.1 Å². The van der Waals surface area contributed by atoms with Gasteiger partial charge in [-0.1, -0.05) is 20.8 Å². The van der Waals surface area contributed by atoms with Gasteiger partial charge in [-0.15, -0.1) is 0 Å². The van der Waals surface area contributed by atoms with Gasteiger partial charge in [0, 0.05) is 19.3 Å². The molecule has 0 unspecified atom stereocenters. The van der Waals surface area contributed by atoms with Crippen molar-refractivity contribution >= 4 is 17.9 Å². The number of rotatable bonds is 13. The predicted octanol–water partition coefficient (Wildman–Crippen LogP) is 0.768. The highest BCUT2D eigenvalue weighted by Crippen LogP contribution is 1.91. The van der Waals surface area contributed by atoms with Gasteiger partial charge in [0.05, 0.1) is 26.4 Å². The number of carbonyl (C=O) groups excluding carboxylic acids is 2. The first-order valence-corrected chi connectivity index (χ1v) is 8.23. The molecule has 0 rings (SSSR count). The summed E-state index contributed by atoms with van der Waals surface area (Å²) in [7, 11) is 0. The first kappa shape index (κ1) is 25.5. The van der Waals surface area contributed by atoms with Crippen LogP contribution in [-0.4, -0.2) is 73.9 Å². The number of ether oxygens (including phenoxy) is 4. The Hall–Kier alpha value is -1.71. The number of aliphatic hydroxyl groups excluding tert-OH is 1. The van der Waals surface area contributed by atoms with Crippen LogP contribution in [0, 0.1) is 0 Å². The van der Waals surface area contributed by atoms with Gasteiger partial charge < -0.3 is 29.2 Å². The van der Waals surface area contributed by atoms with E-state index in [-0.39, 0.29) is 58.0 Å². The fraction of sp³-hybridized carbons (Fsp3) is 0.812. The van der Waals surface area contributed by atoms with Gasteiger partial charge in [0.1, 0.15) is 19.3 Å². The third-order valence-corrected chi connectivity index (χ3v) is 2.48. The second-order valence-corrected chi connectivity index (χ2v) is 4.70. The number of carboxylic acid groups (broad SMARTS) is 1. The minimum atomic E-state index is -0.765. The number of aliphatic hydroxyl groups is 1. The molecule has 0 aliphatic rings. The molecule has 0 saturated heterocycles. The molecule has 0 fully saturated rings. The summed E-state index contributed by atoms with van der Waals surface area (Å²) in [5.41, 5.74) is 0. The fourth-order valence-corrected chi connectivity index (χ4v) is 1.12. The summed E-state index contributed by atoms with van der Waals surface area (Å²) in [5.74, 6) is -1.30. The van der Waals surface area contributed by atoms with Crippen molar-refractivity contribution in [3.8, 4) is 0 Å². The van der Waals surface area contributed by atoms with Crippen LogP contribution >= 0.6 is 0 Å². The van der Waals surface area contributed by atoms with Crippen molar-refractivity contribution in [1.82, 2.24) is 0 Å². The van der Waals surface area contributed by atoms with E-state index < -0.39 is 12.1 Å². The Bertz CT molecular complexity index is 332. The van der Waals surface area contributed by atoms with Crippen LogP contribution in [0.1, 0.15) is 40.0 Å². The zero-order valence-corrected chi connectivity index (χ0v) is 15.2. The number of esters is 2. The highest BCUT2D eigenvalue weighted by molar-refractivity contribution is 5.69. The van der Waals surface area contributed by atoms with Crippen molar-refractivity contribution in [2.75, 3.05) is 39.6 Å². The lowest BCUT2D eigenvalue weighted by atomic mass is 10.4. The van der Waals surface area contributed by atoms with Crippen LogP contribution in [0.5, 0.6) is 0 Å². The molecule has 0 amide bonds. The third kappa shape index (κ3) is 22.3. The van der Waals surface area contributed by atoms with Gasteiger partial charge in [0.15, 0.2) is 0 Å². The zero-order chi connectivity index (χ0) is 19.5. The molecule has 0 aromatic rings. The van der Waals surface area contributed by atoms with Crippen LogP contribution in [-0.2, 0) is 33.3 Å². The molecule has 9 nitrogen and oxygen atoms in total. The average molecular weight is 366 g/mol. The van der Waals surface area contributed by atoms with E-state index in [4.69, 9.17) is 24.1 Å². The summed E-state index contributed by atoms with van der Waals surface area (Å²) in [6.45, 7) is 6.03. The van der Waals surface area contributed by atoms with Crippen LogP contribution in [0.4, 0.5) is 0 Å². The van der Waals surface area contributed by atoms with Crippen molar-refractivity contribution in [2.24, 2.45) is 0 Å². The van der Waals surface area contributed by atoms with Crippen LogP contribution in [0.25, 0.3) is 0 Å². The SMILES string of the molecule is CCC(=O)O.CCC(=O)OCCOCC(O)COCCOC(=O)CC. The normalized spacial score (nSPS) is 9.96. The second kappa shape index (κ2) is 18.6. The molecular formula is C16H30O9. The van der Waals surface area contributed by atoms with Crippen molar-refractivity contribution < 1.29 is 43.5 Å². The second-order valence-electron chi connectivity index (χ2n) is 4.70. The number of hydrogen-bond acceptors (Lipinski definition) is 8. The molecule has 0 saturated carbocycles. The molecule has 0 aliphatic heterocycles. The molecule has 148 valence electrons. The van der Waals surface area contributed by atoms with Crippen LogP contribution in [0.2, 0.25) is 0 Å². The zero-order valence-electron chi connectivity index (χ0n) is 15.2. The first-order chi connectivity index (χ1) is 11.9. The Balaban J connectivity index is 0. The minimum absolute atomic E-state index is 0.0957. The van der Waals surface area contributed by atoms with Gasteiger partial charge in [0.2, 0.25) is 0 Å². The summed E-state index contributed by atoms with van der Waals surface area (Å²) in [5, 5.41) is 17.2. The monoisotopic (exact) mass is 366 g/mol. The highest BCUT2D eigenvalue weighted by atomic mass is 16.6. The fourth-order valence-electron chi connectivity index (χ4n) is 1.12. The van der Waals surface area contributed by atoms with E-state index in [0.717, 1.165) is 0 Å². The van der Waals surface area contributed by atoms with E-state index in [1.54, 1.807) is 20.8 Å². The van der Waals surface area contributed by atoms with E-state index in [2.05, 4.69) is 0 Å². The van der Waals surface area contributed by atoms with Crippen LogP contribution in [0.3, 0.4) is 0 Å². The first-order valence-electron chi connectivity index (χ1n) is 8.23. The molecule has 9 heteroatoms. The van der Waals surface area contributed by atoms with Gasteiger partial charge in [-0.25, -0.2) is 0 Å². The van der Waals surface area contributed by atoms with Gasteiger partial charge >= 0.3 is 17.9 Å². The highest BCUT2D eigenvalue weighted by Gasteiger charge is 2.05. The smallest absolute Gasteiger partial charge is 0.305 e. The largest absolute Gasteiger partial charge is 0.481 e. The summed E-state index contributed by atoms with van der Waals surface area (Å²) in [4.78, 5) is 31.0. The van der Waals surface area contributed by atoms with Crippen molar-refractivity contribution in [3.05, 3.63) is 0 Å². The number of carbonyl (C=O) groups is 3. The maximum Gasteiger partial charge on any atom is 0.305 e. The molecule has 2 N–H and O–H groups in total. The predicted molar refractivity (Wildman–Crippen MR) is 88.1 cm³/mol. The average Bonchev–Trinajstić information content (AvgIpc) is 2.60. The Kier molecular flexibility index (Phi) is 19.0. The van der Waals surface area contributed by atoms with Crippen LogP contribution < -0.4 is 0 Å². The van der Waals surface area contributed by atoms with E-state index >= 15 is 0 Å². The van der Waals surface area contributed by atoms with E-state index in [9.17, 15) is 19.5 Å². The molecule has 0 aromatic carbocycles. The number of aliphatic carboxylic acids is 1. The summed E-state index contributed by atoms with van der Waals surface area (Å²) < 4.78 is 19.8. The summed E-state index contributed by atoms with van der Waals surface area (Å²) >= 11 is 0. The minimum Gasteiger partial charge on any atom is -0.481 e. The molecule has 0 heterocycles. The number of hydrogen-bond donors (Lipinski definition) is 2. The number of carboxylic acids is 1. The van der Waals surface area contributed by atoms with Gasteiger partial charge in [0.25, 0.3) is 0 Å². The van der Waals surface area contributed by atoms with E-state index in [0.29, 0.717) is 12.8 Å². The molecule has 25 heavy (non-hydrogen) atoms. The molecule has 0 spiro atoms. The molecular weight excluding hydrogens is 336 g/mol. The van der Waals surface area contributed by atoms with Crippen molar-refractivity contribution in [3.63, 3.8) is 0 Å². The van der Waals surface area contributed by atoms with E-state index in [1.807, 2.05) is 0 Å². The summed E-state index contributed by atoms with van der Waals surface area (Å²) in [6.07, 6.45) is 0.122. The topological polar surface area (TPSA) is 129 Å². The third-order valence-electron chi connectivity index (χ3n) is 2.48. The Labute approximate surface area is 148 Å². The molecule has 0 bridgehead atoms. The summed E-state index contributed by atoms with van der Waals surface area (Å²) in [6, 6.07) is 0. The maximum atomic E-state index is 10.8. The van der Waals surface area contributed by atoms with Gasteiger partial charge in [-0.3, -0.25) is 14.4 Å². The lowest BCUT2D eigenvalue weighted by molar-refractivity contribution is -0.145. The quantitative estimate of drug-likeness (QED) is 0.358. The van der Waals surface area contributed by atoms with Crippen LogP contribution in [0.15, 0.2) is 0 Å². The maximum absolute atomic E-state index is 10.8. The molecule has 0 aromatic heterocycles. The lowest BCUT2D eigenvalue weighted by Crippen LogP contribution is -2.24. The van der Waals surface area contributed by atoms with Crippen molar-refractivity contribution in [1.29, 1.82) is 0 Å². The Morgan fingerprint density at radius 3 is 1.40 bits per heavy atom. The Morgan fingerprint density at radius 1 is 0.760 bits per heavy atom. The lowest BCUT2D eigenvalue weighted by Gasteiger charge is -2.12.